The Bertz CT molecular complexity index is 197. The van der Waals surface area contributed by atoms with Crippen molar-refractivity contribution in [1.29, 1.82) is 5.26 Å². The van der Waals surface area contributed by atoms with Gasteiger partial charge in [0.1, 0.15) is 0 Å². The third kappa shape index (κ3) is 3.28. The molecule has 0 aromatic rings. The molecule has 2 atom stereocenters. The molecule has 0 aliphatic carbocycles. The van der Waals surface area contributed by atoms with Gasteiger partial charge in [0.05, 0.1) is 6.07 Å². The first-order valence-electron chi connectivity index (χ1n) is 5.59. The largest absolute Gasteiger partial charge is 0.330 e. The summed E-state index contributed by atoms with van der Waals surface area (Å²) < 4.78 is 0. The lowest BCUT2D eigenvalue weighted by molar-refractivity contribution is 0.259. The molecule has 3 heteroatoms. The van der Waals surface area contributed by atoms with E-state index in [2.05, 4.69) is 17.9 Å². The molecule has 0 spiro atoms. The van der Waals surface area contributed by atoms with Crippen LogP contribution in [0, 0.1) is 17.2 Å². The number of hydrogen-bond donors (Lipinski definition) is 1. The molecule has 14 heavy (non-hydrogen) atoms. The van der Waals surface area contributed by atoms with Crippen LogP contribution in [0.25, 0.3) is 0 Å². The van der Waals surface area contributed by atoms with Crippen LogP contribution >= 0.6 is 0 Å². The summed E-state index contributed by atoms with van der Waals surface area (Å²) in [5.41, 5.74) is 5.66. The SMILES string of the molecule is CC1CC(CN)CN1CCCCC#N. The van der Waals surface area contributed by atoms with Crippen molar-refractivity contribution in [3.63, 3.8) is 0 Å². The van der Waals surface area contributed by atoms with Gasteiger partial charge in [-0.05, 0) is 45.2 Å². The summed E-state index contributed by atoms with van der Waals surface area (Å²) in [6.07, 6.45) is 4.12. The summed E-state index contributed by atoms with van der Waals surface area (Å²) in [5.74, 6) is 0.695. The van der Waals surface area contributed by atoms with E-state index in [1.54, 1.807) is 0 Å². The molecule has 2 unspecified atom stereocenters. The Balaban J connectivity index is 2.15. The predicted molar refractivity (Wildman–Crippen MR) is 57.7 cm³/mol. The molecule has 1 heterocycles. The van der Waals surface area contributed by atoms with Gasteiger partial charge in [0.2, 0.25) is 0 Å². The molecule has 0 saturated carbocycles. The van der Waals surface area contributed by atoms with Crippen LogP contribution < -0.4 is 5.73 Å². The second kappa shape index (κ2) is 6.00. The van der Waals surface area contributed by atoms with Crippen molar-refractivity contribution >= 4 is 0 Å². The van der Waals surface area contributed by atoms with Gasteiger partial charge in [-0.1, -0.05) is 0 Å². The van der Waals surface area contributed by atoms with E-state index >= 15 is 0 Å². The fourth-order valence-corrected chi connectivity index (χ4v) is 2.22. The Kier molecular flexibility index (Phi) is 4.92. The standard InChI is InChI=1S/C11H21N3/c1-10-7-11(8-13)9-14(10)6-4-2-3-5-12/h10-11H,2-4,6-9,13H2,1H3. The highest BCUT2D eigenvalue weighted by atomic mass is 15.2. The van der Waals surface area contributed by atoms with Gasteiger partial charge < -0.3 is 10.6 Å². The van der Waals surface area contributed by atoms with Crippen molar-refractivity contribution in [1.82, 2.24) is 4.90 Å². The molecular formula is C11H21N3. The van der Waals surface area contributed by atoms with Gasteiger partial charge in [-0.25, -0.2) is 0 Å². The lowest BCUT2D eigenvalue weighted by atomic mass is 10.1. The van der Waals surface area contributed by atoms with Crippen LogP contribution in [-0.4, -0.2) is 30.6 Å². The monoisotopic (exact) mass is 195 g/mol. The number of unbranched alkanes of at least 4 members (excludes halogenated alkanes) is 2. The topological polar surface area (TPSA) is 53.0 Å². The number of nitrogens with two attached hydrogens (primary N) is 1. The summed E-state index contributed by atoms with van der Waals surface area (Å²) in [4.78, 5) is 2.51. The summed E-state index contributed by atoms with van der Waals surface area (Å²) in [6.45, 7) is 5.39. The fraction of sp³-hybridized carbons (Fsp3) is 0.909. The average molecular weight is 195 g/mol. The van der Waals surface area contributed by atoms with Crippen LogP contribution in [0.3, 0.4) is 0 Å². The van der Waals surface area contributed by atoms with Gasteiger partial charge in [-0.2, -0.15) is 5.26 Å². The zero-order chi connectivity index (χ0) is 10.4. The summed E-state index contributed by atoms with van der Waals surface area (Å²) in [5, 5.41) is 8.41. The van der Waals surface area contributed by atoms with E-state index in [0.717, 1.165) is 32.5 Å². The van der Waals surface area contributed by atoms with Gasteiger partial charge in [0, 0.05) is 19.0 Å². The molecule has 1 fully saturated rings. The molecule has 0 aromatic carbocycles. The molecule has 0 aromatic heterocycles. The molecule has 1 aliphatic rings. The smallest absolute Gasteiger partial charge is 0.0621 e. The highest BCUT2D eigenvalue weighted by Gasteiger charge is 2.26. The molecule has 0 bridgehead atoms. The van der Waals surface area contributed by atoms with E-state index in [1.165, 1.54) is 6.42 Å². The van der Waals surface area contributed by atoms with Crippen LogP contribution in [0.4, 0.5) is 0 Å². The summed E-state index contributed by atoms with van der Waals surface area (Å²) in [7, 11) is 0. The van der Waals surface area contributed by atoms with Crippen molar-refractivity contribution in [2.24, 2.45) is 11.7 Å². The molecule has 1 aliphatic heterocycles. The van der Waals surface area contributed by atoms with Crippen LogP contribution in [0.1, 0.15) is 32.6 Å². The molecule has 1 saturated heterocycles. The lowest BCUT2D eigenvalue weighted by Crippen LogP contribution is -2.28. The van der Waals surface area contributed by atoms with Crippen LogP contribution in [0.5, 0.6) is 0 Å². The Morgan fingerprint density at radius 3 is 2.86 bits per heavy atom. The van der Waals surface area contributed by atoms with E-state index in [-0.39, 0.29) is 0 Å². The third-order valence-corrected chi connectivity index (χ3v) is 3.11. The highest BCUT2D eigenvalue weighted by molar-refractivity contribution is 4.82. The average Bonchev–Trinajstić information content (AvgIpc) is 2.54. The Labute approximate surface area is 86.9 Å². The van der Waals surface area contributed by atoms with Crippen molar-refractivity contribution in [3.8, 4) is 6.07 Å². The van der Waals surface area contributed by atoms with E-state index in [4.69, 9.17) is 11.0 Å². The van der Waals surface area contributed by atoms with Gasteiger partial charge in [0.25, 0.3) is 0 Å². The minimum Gasteiger partial charge on any atom is -0.330 e. The molecular weight excluding hydrogens is 174 g/mol. The molecule has 1 rings (SSSR count). The van der Waals surface area contributed by atoms with Crippen molar-refractivity contribution < 1.29 is 0 Å². The first kappa shape index (κ1) is 11.5. The fourth-order valence-electron chi connectivity index (χ4n) is 2.22. The van der Waals surface area contributed by atoms with Crippen molar-refractivity contribution in [2.75, 3.05) is 19.6 Å². The number of rotatable bonds is 5. The van der Waals surface area contributed by atoms with Gasteiger partial charge >= 0.3 is 0 Å². The van der Waals surface area contributed by atoms with E-state index in [1.807, 2.05) is 0 Å². The van der Waals surface area contributed by atoms with Gasteiger partial charge in [0.15, 0.2) is 0 Å². The molecule has 3 nitrogen and oxygen atoms in total. The van der Waals surface area contributed by atoms with E-state index in [0.29, 0.717) is 18.4 Å². The van der Waals surface area contributed by atoms with Crippen LogP contribution in [-0.2, 0) is 0 Å². The van der Waals surface area contributed by atoms with Gasteiger partial charge in [-0.3, -0.25) is 0 Å². The van der Waals surface area contributed by atoms with Crippen LogP contribution in [0.15, 0.2) is 0 Å². The zero-order valence-electron chi connectivity index (χ0n) is 9.08. The minimum atomic E-state index is 0.686. The second-order valence-electron chi connectivity index (χ2n) is 4.30. The normalized spacial score (nSPS) is 27.8. The zero-order valence-corrected chi connectivity index (χ0v) is 9.08. The van der Waals surface area contributed by atoms with Crippen molar-refractivity contribution in [3.05, 3.63) is 0 Å². The Hall–Kier alpha value is -0.590. The molecule has 0 radical (unpaired) electrons. The first-order valence-corrected chi connectivity index (χ1v) is 5.59. The maximum Gasteiger partial charge on any atom is 0.0621 e. The number of nitriles is 1. The lowest BCUT2D eigenvalue weighted by Gasteiger charge is -2.20. The predicted octanol–water partition coefficient (Wildman–Crippen LogP) is 1.35. The first-order chi connectivity index (χ1) is 6.77. The van der Waals surface area contributed by atoms with E-state index < -0.39 is 0 Å². The Morgan fingerprint density at radius 1 is 1.50 bits per heavy atom. The summed E-state index contributed by atoms with van der Waals surface area (Å²) in [6, 6.07) is 2.87. The Morgan fingerprint density at radius 2 is 2.29 bits per heavy atom. The van der Waals surface area contributed by atoms with Crippen LogP contribution in [0.2, 0.25) is 0 Å². The highest BCUT2D eigenvalue weighted by Crippen LogP contribution is 2.22. The quantitative estimate of drug-likeness (QED) is 0.674. The minimum absolute atomic E-state index is 0.686. The number of nitrogens with zero attached hydrogens (tertiary/aromatic N) is 2. The maximum absolute atomic E-state index is 8.41. The number of hydrogen-bond acceptors (Lipinski definition) is 3. The van der Waals surface area contributed by atoms with E-state index in [9.17, 15) is 0 Å². The van der Waals surface area contributed by atoms with Gasteiger partial charge in [-0.15, -0.1) is 0 Å². The number of likely N-dealkylation sites (tertiary alicyclic amines) is 1. The third-order valence-electron chi connectivity index (χ3n) is 3.11. The molecule has 0 amide bonds. The van der Waals surface area contributed by atoms with Crippen molar-refractivity contribution in [2.45, 2.75) is 38.6 Å². The second-order valence-corrected chi connectivity index (χ2v) is 4.30. The molecule has 2 N–H and O–H groups in total. The summed E-state index contributed by atoms with van der Waals surface area (Å²) >= 11 is 0. The molecule has 80 valence electrons. The maximum atomic E-state index is 8.41.